The zero-order valence-electron chi connectivity index (χ0n) is 16.6. The monoisotopic (exact) mass is 454 g/mol. The van der Waals surface area contributed by atoms with Crippen LogP contribution < -0.4 is 5.32 Å². The first-order valence-electron chi connectivity index (χ1n) is 9.42. The van der Waals surface area contributed by atoms with Crippen LogP contribution in [0.3, 0.4) is 0 Å². The van der Waals surface area contributed by atoms with Crippen molar-refractivity contribution in [3.8, 4) is 0 Å². The van der Waals surface area contributed by atoms with Crippen molar-refractivity contribution in [1.82, 2.24) is 4.31 Å². The van der Waals surface area contributed by atoms with E-state index in [-0.39, 0.29) is 18.0 Å². The van der Waals surface area contributed by atoms with E-state index in [2.05, 4.69) is 5.32 Å². The number of sulfonamides is 1. The number of aryl methyl sites for hydroxylation is 1. The molecule has 3 rings (SSSR count). The van der Waals surface area contributed by atoms with E-state index in [1.807, 2.05) is 0 Å². The maximum Gasteiger partial charge on any atom is 0.416 e. The molecule has 1 heterocycles. The first-order valence-corrected chi connectivity index (χ1v) is 10.9. The first kappa shape index (κ1) is 23.0. The third-order valence-corrected chi connectivity index (χ3v) is 6.63. The summed E-state index contributed by atoms with van der Waals surface area (Å²) in [5, 5.41) is 2.62. The van der Waals surface area contributed by atoms with Gasteiger partial charge in [-0.2, -0.15) is 17.5 Å². The number of morpholine rings is 1. The van der Waals surface area contributed by atoms with Gasteiger partial charge in [0.25, 0.3) is 0 Å². The third kappa shape index (κ3) is 5.72. The standard InChI is InChI=1S/C21H21F3N2O4S/c1-15-2-8-18(31(28,29)26-10-12-30-13-11-26)14-19(15)25-20(27)9-5-16-3-6-17(7-4-16)21(22,23)24/h2-9,14H,10-13H2,1H3,(H,25,27)/b9-5+. The number of hydrogen-bond acceptors (Lipinski definition) is 4. The fraction of sp³-hybridized carbons (Fsp3) is 0.286. The van der Waals surface area contributed by atoms with Gasteiger partial charge >= 0.3 is 6.18 Å². The van der Waals surface area contributed by atoms with Crippen molar-refractivity contribution in [1.29, 1.82) is 0 Å². The van der Waals surface area contributed by atoms with Crippen LogP contribution >= 0.6 is 0 Å². The molecule has 1 aliphatic rings. The highest BCUT2D eigenvalue weighted by atomic mass is 32.2. The number of nitrogens with one attached hydrogen (secondary N) is 1. The molecule has 2 aromatic rings. The zero-order chi connectivity index (χ0) is 22.6. The molecule has 1 fully saturated rings. The number of carbonyl (C=O) groups is 1. The minimum atomic E-state index is -4.43. The van der Waals surface area contributed by atoms with E-state index >= 15 is 0 Å². The normalized spacial score (nSPS) is 15.9. The van der Waals surface area contributed by atoms with Crippen molar-refractivity contribution in [2.45, 2.75) is 18.0 Å². The summed E-state index contributed by atoms with van der Waals surface area (Å²) < 4.78 is 70.0. The molecule has 166 valence electrons. The van der Waals surface area contributed by atoms with Gasteiger partial charge in [-0.1, -0.05) is 18.2 Å². The lowest BCUT2D eigenvalue weighted by Gasteiger charge is -2.26. The molecule has 1 amide bonds. The quantitative estimate of drug-likeness (QED) is 0.700. The average Bonchev–Trinajstić information content (AvgIpc) is 2.74. The summed E-state index contributed by atoms with van der Waals surface area (Å²) in [6.45, 7) is 2.88. The molecular formula is C21H21F3N2O4S. The SMILES string of the molecule is Cc1ccc(S(=O)(=O)N2CCOCC2)cc1NC(=O)/C=C/c1ccc(C(F)(F)F)cc1. The maximum absolute atomic E-state index is 12.8. The number of alkyl halides is 3. The van der Waals surface area contributed by atoms with Gasteiger partial charge < -0.3 is 10.1 Å². The average molecular weight is 454 g/mol. The predicted octanol–water partition coefficient (Wildman–Crippen LogP) is 3.69. The number of benzene rings is 2. The Morgan fingerprint density at radius 3 is 2.35 bits per heavy atom. The third-order valence-electron chi connectivity index (χ3n) is 4.74. The van der Waals surface area contributed by atoms with Gasteiger partial charge in [-0.3, -0.25) is 4.79 Å². The van der Waals surface area contributed by atoms with Crippen LogP contribution in [0.15, 0.2) is 53.4 Å². The lowest BCUT2D eigenvalue weighted by molar-refractivity contribution is -0.137. The predicted molar refractivity (Wildman–Crippen MR) is 110 cm³/mol. The summed E-state index contributed by atoms with van der Waals surface area (Å²) in [4.78, 5) is 12.3. The number of rotatable bonds is 5. The van der Waals surface area contributed by atoms with E-state index in [1.54, 1.807) is 13.0 Å². The number of nitrogens with zero attached hydrogens (tertiary/aromatic N) is 1. The maximum atomic E-state index is 12.8. The van der Waals surface area contributed by atoms with E-state index in [0.717, 1.165) is 12.1 Å². The minimum Gasteiger partial charge on any atom is -0.379 e. The Hall–Kier alpha value is -2.69. The lowest BCUT2D eigenvalue weighted by atomic mass is 10.1. The van der Waals surface area contributed by atoms with E-state index in [9.17, 15) is 26.4 Å². The lowest BCUT2D eigenvalue weighted by Crippen LogP contribution is -2.40. The zero-order valence-corrected chi connectivity index (χ0v) is 17.5. The molecule has 31 heavy (non-hydrogen) atoms. The molecule has 0 atom stereocenters. The second-order valence-corrected chi connectivity index (χ2v) is 8.87. The van der Waals surface area contributed by atoms with Crippen LogP contribution in [0.5, 0.6) is 0 Å². The summed E-state index contributed by atoms with van der Waals surface area (Å²) in [6, 6.07) is 8.85. The minimum absolute atomic E-state index is 0.0574. The topological polar surface area (TPSA) is 75.7 Å². The Labute approximate surface area is 178 Å². The molecule has 6 nitrogen and oxygen atoms in total. The first-order chi connectivity index (χ1) is 14.6. The molecule has 0 saturated carbocycles. The molecule has 0 radical (unpaired) electrons. The molecule has 0 aliphatic carbocycles. The van der Waals surface area contributed by atoms with Crippen molar-refractivity contribution in [2.75, 3.05) is 31.6 Å². The van der Waals surface area contributed by atoms with Crippen LogP contribution in [-0.2, 0) is 25.7 Å². The van der Waals surface area contributed by atoms with Crippen LogP contribution in [0, 0.1) is 6.92 Å². The number of hydrogen-bond donors (Lipinski definition) is 1. The highest BCUT2D eigenvalue weighted by molar-refractivity contribution is 7.89. The smallest absolute Gasteiger partial charge is 0.379 e. The molecule has 1 saturated heterocycles. The largest absolute Gasteiger partial charge is 0.416 e. The highest BCUT2D eigenvalue weighted by Gasteiger charge is 2.30. The van der Waals surface area contributed by atoms with Crippen molar-refractivity contribution in [3.05, 3.63) is 65.2 Å². The van der Waals surface area contributed by atoms with Gasteiger partial charge in [0.15, 0.2) is 0 Å². The molecular weight excluding hydrogens is 433 g/mol. The van der Waals surface area contributed by atoms with Crippen LogP contribution in [0.1, 0.15) is 16.7 Å². The van der Waals surface area contributed by atoms with Crippen LogP contribution in [0.25, 0.3) is 6.08 Å². The molecule has 1 aliphatic heterocycles. The molecule has 2 aromatic carbocycles. The van der Waals surface area contributed by atoms with Gasteiger partial charge in [0, 0.05) is 24.9 Å². The second-order valence-electron chi connectivity index (χ2n) is 6.94. The summed E-state index contributed by atoms with van der Waals surface area (Å²) in [6.07, 6.45) is -1.88. The molecule has 1 N–H and O–H groups in total. The number of amides is 1. The summed E-state index contributed by atoms with van der Waals surface area (Å²) >= 11 is 0. The number of ether oxygens (including phenoxy) is 1. The fourth-order valence-corrected chi connectivity index (χ4v) is 4.40. The highest BCUT2D eigenvalue weighted by Crippen LogP contribution is 2.29. The summed E-state index contributed by atoms with van der Waals surface area (Å²) in [5.74, 6) is -0.538. The van der Waals surface area contributed by atoms with Gasteiger partial charge in [-0.05, 0) is 48.4 Å². The van der Waals surface area contributed by atoms with E-state index < -0.39 is 27.7 Å². The van der Waals surface area contributed by atoms with Gasteiger partial charge in [0.05, 0.1) is 23.7 Å². The van der Waals surface area contributed by atoms with Crippen molar-refractivity contribution >= 4 is 27.7 Å². The van der Waals surface area contributed by atoms with Crippen LogP contribution in [-0.4, -0.2) is 44.9 Å². The van der Waals surface area contributed by atoms with E-state index in [4.69, 9.17) is 4.74 Å². The van der Waals surface area contributed by atoms with Crippen LogP contribution in [0.4, 0.5) is 18.9 Å². The van der Waals surface area contributed by atoms with Crippen molar-refractivity contribution < 1.29 is 31.1 Å². The van der Waals surface area contributed by atoms with Gasteiger partial charge in [0.1, 0.15) is 0 Å². The van der Waals surface area contributed by atoms with E-state index in [1.165, 1.54) is 40.7 Å². The Balaban J connectivity index is 1.72. The van der Waals surface area contributed by atoms with Crippen LogP contribution in [0.2, 0.25) is 0 Å². The summed E-state index contributed by atoms with van der Waals surface area (Å²) in [7, 11) is -3.72. The molecule has 0 aromatic heterocycles. The molecule has 0 spiro atoms. The fourth-order valence-electron chi connectivity index (χ4n) is 2.96. The number of halogens is 3. The summed E-state index contributed by atoms with van der Waals surface area (Å²) in [5.41, 5.74) is 0.639. The second kappa shape index (κ2) is 9.21. The Bertz CT molecular complexity index is 1070. The molecule has 0 unspecified atom stereocenters. The van der Waals surface area contributed by atoms with Gasteiger partial charge in [-0.25, -0.2) is 8.42 Å². The number of carbonyl (C=O) groups excluding carboxylic acids is 1. The van der Waals surface area contributed by atoms with E-state index in [0.29, 0.717) is 30.0 Å². The number of anilines is 1. The Morgan fingerprint density at radius 1 is 1.10 bits per heavy atom. The van der Waals surface area contributed by atoms with Gasteiger partial charge in [-0.15, -0.1) is 0 Å². The van der Waals surface area contributed by atoms with Gasteiger partial charge in [0.2, 0.25) is 15.9 Å². The Morgan fingerprint density at radius 2 is 1.74 bits per heavy atom. The van der Waals surface area contributed by atoms with Crippen molar-refractivity contribution in [2.24, 2.45) is 0 Å². The molecule has 0 bridgehead atoms. The van der Waals surface area contributed by atoms with Crippen molar-refractivity contribution in [3.63, 3.8) is 0 Å². The molecule has 10 heteroatoms. The Kier molecular flexibility index (Phi) is 6.83.